The molecule has 1 fully saturated rings. The monoisotopic (exact) mass is 429 g/mol. The van der Waals surface area contributed by atoms with Crippen LogP contribution in [-0.2, 0) is 21.2 Å². The number of benzene rings is 2. The Balaban J connectivity index is 1.96. The minimum absolute atomic E-state index is 0.0235. The Hall–Kier alpha value is -2.22. The van der Waals surface area contributed by atoms with E-state index in [4.69, 9.17) is 0 Å². The number of carbonyl (C=O) groups excluding carboxylic acids is 1. The van der Waals surface area contributed by atoms with Crippen LogP contribution in [0, 0.1) is 0 Å². The number of hydrogen-bond donors (Lipinski definition) is 1. The van der Waals surface area contributed by atoms with E-state index in [1.54, 1.807) is 11.9 Å². The van der Waals surface area contributed by atoms with E-state index in [2.05, 4.69) is 29.0 Å². The lowest BCUT2D eigenvalue weighted by Crippen LogP contribution is -2.56. The van der Waals surface area contributed by atoms with E-state index >= 15 is 0 Å². The number of likely N-dealkylation sites (tertiary alicyclic amines) is 1. The van der Waals surface area contributed by atoms with Crippen LogP contribution >= 0.6 is 0 Å². The smallest absolute Gasteiger partial charge is 0.243 e. The summed E-state index contributed by atoms with van der Waals surface area (Å²) in [4.78, 5) is 17.2. The maximum Gasteiger partial charge on any atom is 0.243 e. The molecule has 2 atom stereocenters. The zero-order chi connectivity index (χ0) is 21.9. The molecule has 162 valence electrons. The molecule has 0 aromatic heterocycles. The van der Waals surface area contributed by atoms with Crippen molar-refractivity contribution in [3.8, 4) is 11.1 Å². The Morgan fingerprint density at radius 1 is 1.17 bits per heavy atom. The minimum Gasteiger partial charge on any atom is -0.344 e. The first-order valence-corrected chi connectivity index (χ1v) is 12.1. The summed E-state index contributed by atoms with van der Waals surface area (Å²) in [6.07, 6.45) is 2.13. The molecule has 1 aliphatic rings. The van der Waals surface area contributed by atoms with Gasteiger partial charge in [-0.05, 0) is 43.5 Å². The SMILES string of the molecule is CCN(C)C(=O)[C@]1(Cc2cccc(-c3ccccc3)c2)C[C@@H](NS(C)(=O)=O)CN1C. The summed E-state index contributed by atoms with van der Waals surface area (Å²) >= 11 is 0. The van der Waals surface area contributed by atoms with Gasteiger partial charge in [0.15, 0.2) is 0 Å². The molecule has 1 heterocycles. The van der Waals surface area contributed by atoms with Crippen LogP contribution in [0.3, 0.4) is 0 Å². The summed E-state index contributed by atoms with van der Waals surface area (Å²) in [7, 11) is 0.361. The van der Waals surface area contributed by atoms with Crippen molar-refractivity contribution in [2.45, 2.75) is 31.3 Å². The van der Waals surface area contributed by atoms with E-state index in [1.807, 2.05) is 49.2 Å². The van der Waals surface area contributed by atoms with Gasteiger partial charge in [-0.25, -0.2) is 13.1 Å². The van der Waals surface area contributed by atoms with E-state index < -0.39 is 15.6 Å². The third-order valence-corrected chi connectivity index (χ3v) is 6.70. The molecule has 2 aromatic carbocycles. The molecular formula is C23H31N3O3S. The maximum atomic E-state index is 13.5. The van der Waals surface area contributed by atoms with Crippen molar-refractivity contribution in [3.63, 3.8) is 0 Å². The number of amides is 1. The van der Waals surface area contributed by atoms with Crippen LogP contribution in [0.15, 0.2) is 54.6 Å². The lowest BCUT2D eigenvalue weighted by Gasteiger charge is -2.37. The van der Waals surface area contributed by atoms with Gasteiger partial charge in [0, 0.05) is 26.2 Å². The highest BCUT2D eigenvalue weighted by Crippen LogP contribution is 2.34. The Labute approximate surface area is 179 Å². The molecule has 0 aliphatic carbocycles. The van der Waals surface area contributed by atoms with Crippen LogP contribution < -0.4 is 4.72 Å². The fourth-order valence-corrected chi connectivity index (χ4v) is 5.14. The number of rotatable bonds is 7. The number of likely N-dealkylation sites (N-methyl/N-ethyl adjacent to an activating group) is 2. The fourth-order valence-electron chi connectivity index (χ4n) is 4.38. The first kappa shape index (κ1) is 22.5. The molecule has 0 saturated carbocycles. The van der Waals surface area contributed by atoms with Gasteiger partial charge in [-0.3, -0.25) is 9.69 Å². The van der Waals surface area contributed by atoms with E-state index in [-0.39, 0.29) is 11.9 Å². The number of carbonyl (C=O) groups is 1. The van der Waals surface area contributed by atoms with Crippen LogP contribution in [0.4, 0.5) is 0 Å². The third-order valence-electron chi connectivity index (χ3n) is 5.94. The topological polar surface area (TPSA) is 69.7 Å². The zero-order valence-corrected chi connectivity index (χ0v) is 18.9. The highest BCUT2D eigenvalue weighted by Gasteiger charge is 2.50. The average Bonchev–Trinajstić information content (AvgIpc) is 3.01. The van der Waals surface area contributed by atoms with Gasteiger partial charge in [0.25, 0.3) is 0 Å². The molecule has 1 N–H and O–H groups in total. The highest BCUT2D eigenvalue weighted by molar-refractivity contribution is 7.88. The predicted molar refractivity (Wildman–Crippen MR) is 121 cm³/mol. The summed E-state index contributed by atoms with van der Waals surface area (Å²) in [6, 6.07) is 18.1. The van der Waals surface area contributed by atoms with Gasteiger partial charge < -0.3 is 4.90 Å². The summed E-state index contributed by atoms with van der Waals surface area (Å²) in [5.74, 6) is 0.0235. The van der Waals surface area contributed by atoms with Crippen molar-refractivity contribution < 1.29 is 13.2 Å². The first-order chi connectivity index (χ1) is 14.1. The predicted octanol–water partition coefficient (Wildman–Crippen LogP) is 2.37. The van der Waals surface area contributed by atoms with Crippen molar-refractivity contribution in [1.82, 2.24) is 14.5 Å². The van der Waals surface area contributed by atoms with Gasteiger partial charge in [0.2, 0.25) is 15.9 Å². The van der Waals surface area contributed by atoms with Crippen LogP contribution in [0.2, 0.25) is 0 Å². The lowest BCUT2D eigenvalue weighted by molar-refractivity contribution is -0.140. The van der Waals surface area contributed by atoms with E-state index in [0.29, 0.717) is 25.9 Å². The molecule has 6 nitrogen and oxygen atoms in total. The second-order valence-corrected chi connectivity index (χ2v) is 10.0. The molecule has 1 saturated heterocycles. The van der Waals surface area contributed by atoms with E-state index in [9.17, 15) is 13.2 Å². The first-order valence-electron chi connectivity index (χ1n) is 10.2. The zero-order valence-electron chi connectivity index (χ0n) is 18.1. The number of sulfonamides is 1. The molecule has 7 heteroatoms. The van der Waals surface area contributed by atoms with Crippen molar-refractivity contribution in [3.05, 3.63) is 60.2 Å². The molecule has 1 amide bonds. The molecule has 30 heavy (non-hydrogen) atoms. The Morgan fingerprint density at radius 3 is 2.47 bits per heavy atom. The second-order valence-electron chi connectivity index (χ2n) is 8.27. The molecule has 3 rings (SSSR count). The van der Waals surface area contributed by atoms with Gasteiger partial charge in [0.1, 0.15) is 5.54 Å². The van der Waals surface area contributed by atoms with Crippen LogP contribution in [0.5, 0.6) is 0 Å². The maximum absolute atomic E-state index is 13.5. The number of hydrogen-bond acceptors (Lipinski definition) is 4. The molecule has 0 radical (unpaired) electrons. The standard InChI is InChI=1S/C23H31N3O3S/c1-5-25(2)22(27)23(16-21(17-26(23)3)24-30(4,28)29)15-18-10-9-13-20(14-18)19-11-7-6-8-12-19/h6-14,21,24H,5,15-17H2,1-4H3/t21-,23+/m1/s1. The third kappa shape index (κ3) is 4.91. The molecule has 0 unspecified atom stereocenters. The minimum atomic E-state index is -3.35. The quantitative estimate of drug-likeness (QED) is 0.734. The molecule has 2 aromatic rings. The van der Waals surface area contributed by atoms with Gasteiger partial charge in [-0.15, -0.1) is 0 Å². The van der Waals surface area contributed by atoms with Crippen LogP contribution in [-0.4, -0.2) is 69.1 Å². The fraction of sp³-hybridized carbons (Fsp3) is 0.435. The van der Waals surface area contributed by atoms with Crippen LogP contribution in [0.25, 0.3) is 11.1 Å². The van der Waals surface area contributed by atoms with Crippen molar-refractivity contribution in [2.75, 3.05) is 33.4 Å². The molecule has 0 bridgehead atoms. The molecular weight excluding hydrogens is 398 g/mol. The Bertz CT molecular complexity index is 994. The highest BCUT2D eigenvalue weighted by atomic mass is 32.2. The Kier molecular flexibility index (Phi) is 6.65. The summed E-state index contributed by atoms with van der Waals surface area (Å²) in [6.45, 7) is 3.04. The normalized spacial score (nSPS) is 22.2. The summed E-state index contributed by atoms with van der Waals surface area (Å²) < 4.78 is 26.3. The second kappa shape index (κ2) is 8.88. The van der Waals surface area contributed by atoms with E-state index in [1.165, 1.54) is 0 Å². The molecule has 1 aliphatic heterocycles. The van der Waals surface area contributed by atoms with Gasteiger partial charge in [-0.2, -0.15) is 0 Å². The molecule has 0 spiro atoms. The van der Waals surface area contributed by atoms with Gasteiger partial charge >= 0.3 is 0 Å². The number of nitrogens with one attached hydrogen (secondary N) is 1. The van der Waals surface area contributed by atoms with Crippen molar-refractivity contribution in [1.29, 1.82) is 0 Å². The number of nitrogens with zero attached hydrogens (tertiary/aromatic N) is 2. The summed E-state index contributed by atoms with van der Waals surface area (Å²) in [5, 5.41) is 0. The van der Waals surface area contributed by atoms with Gasteiger partial charge in [-0.1, -0.05) is 54.6 Å². The lowest BCUT2D eigenvalue weighted by atomic mass is 9.85. The summed E-state index contributed by atoms with van der Waals surface area (Å²) in [5.41, 5.74) is 2.50. The average molecular weight is 430 g/mol. The van der Waals surface area contributed by atoms with Crippen LogP contribution in [0.1, 0.15) is 18.9 Å². The van der Waals surface area contributed by atoms with Crippen molar-refractivity contribution >= 4 is 15.9 Å². The van der Waals surface area contributed by atoms with E-state index in [0.717, 1.165) is 22.9 Å². The largest absolute Gasteiger partial charge is 0.344 e. The van der Waals surface area contributed by atoms with Gasteiger partial charge in [0.05, 0.1) is 6.26 Å². The van der Waals surface area contributed by atoms with Crippen molar-refractivity contribution in [2.24, 2.45) is 0 Å². The Morgan fingerprint density at radius 2 is 1.83 bits per heavy atom.